The van der Waals surface area contributed by atoms with E-state index in [0.29, 0.717) is 11.5 Å². The van der Waals surface area contributed by atoms with Gasteiger partial charge in [-0.25, -0.2) is 0 Å². The zero-order valence-electron chi connectivity index (χ0n) is 12.8. The quantitative estimate of drug-likeness (QED) is 0.887. The number of aliphatic hydroxyl groups is 1. The van der Waals surface area contributed by atoms with Gasteiger partial charge in [0.05, 0.1) is 11.7 Å². The molecule has 5 nitrogen and oxygen atoms in total. The maximum absolute atomic E-state index is 13.0. The van der Waals surface area contributed by atoms with Gasteiger partial charge in [-0.3, -0.25) is 4.79 Å². The highest BCUT2D eigenvalue weighted by Crippen LogP contribution is 2.34. The fraction of sp³-hybridized carbons (Fsp3) is 0.235. The fourth-order valence-corrected chi connectivity index (χ4v) is 2.48. The predicted molar refractivity (Wildman–Crippen MR) is 81.3 cm³/mol. The highest BCUT2D eigenvalue weighted by Gasteiger charge is 2.34. The van der Waals surface area contributed by atoms with Crippen molar-refractivity contribution in [2.24, 2.45) is 0 Å². The smallest absolute Gasteiger partial charge is 0.416 e. The van der Waals surface area contributed by atoms with Gasteiger partial charge in [0.25, 0.3) is 5.91 Å². The summed E-state index contributed by atoms with van der Waals surface area (Å²) in [5.74, 6) is 0.383. The number of fused-ring (bicyclic) bond motifs is 1. The number of benzene rings is 2. The normalized spacial score (nSPS) is 14.2. The van der Waals surface area contributed by atoms with Crippen LogP contribution < -0.4 is 14.8 Å². The lowest BCUT2D eigenvalue weighted by Gasteiger charge is -2.18. The second-order valence-electron chi connectivity index (χ2n) is 5.38. The van der Waals surface area contributed by atoms with Crippen LogP contribution in [-0.4, -0.2) is 24.4 Å². The van der Waals surface area contributed by atoms with E-state index in [9.17, 15) is 23.1 Å². The van der Waals surface area contributed by atoms with Gasteiger partial charge in [0.2, 0.25) is 6.79 Å². The maximum atomic E-state index is 13.0. The lowest BCUT2D eigenvalue weighted by Crippen LogP contribution is -2.29. The molecule has 2 N–H and O–H groups in total. The van der Waals surface area contributed by atoms with Crippen LogP contribution in [0.25, 0.3) is 0 Å². The number of rotatable bonds is 4. The zero-order chi connectivity index (χ0) is 18.0. The first-order chi connectivity index (χ1) is 11.9. The van der Waals surface area contributed by atoms with Crippen molar-refractivity contribution < 1.29 is 32.5 Å². The summed E-state index contributed by atoms with van der Waals surface area (Å²) in [6.07, 6.45) is -6.07. The molecule has 0 aliphatic carbocycles. The Hall–Kier alpha value is -2.74. The molecule has 0 bridgehead atoms. The van der Waals surface area contributed by atoms with Crippen LogP contribution in [0.15, 0.2) is 42.5 Å². The third kappa shape index (κ3) is 3.69. The van der Waals surface area contributed by atoms with E-state index in [0.717, 1.165) is 6.07 Å². The molecule has 3 rings (SSSR count). The molecule has 0 fully saturated rings. The van der Waals surface area contributed by atoms with Crippen LogP contribution in [0.4, 0.5) is 13.2 Å². The van der Waals surface area contributed by atoms with Gasteiger partial charge in [-0.2, -0.15) is 13.2 Å². The summed E-state index contributed by atoms with van der Waals surface area (Å²) in [4.78, 5) is 12.1. The van der Waals surface area contributed by atoms with E-state index in [1.165, 1.54) is 30.3 Å². The van der Waals surface area contributed by atoms with Crippen LogP contribution in [0.2, 0.25) is 0 Å². The number of carbonyl (C=O) groups is 1. The first-order valence-electron chi connectivity index (χ1n) is 7.38. The van der Waals surface area contributed by atoms with Crippen molar-refractivity contribution in [2.45, 2.75) is 12.3 Å². The van der Waals surface area contributed by atoms with Crippen molar-refractivity contribution in [3.05, 3.63) is 59.2 Å². The molecular formula is C17H14F3NO4. The average Bonchev–Trinajstić information content (AvgIpc) is 3.06. The molecule has 2 aromatic rings. The second-order valence-corrected chi connectivity index (χ2v) is 5.38. The largest absolute Gasteiger partial charge is 0.454 e. The number of alkyl halides is 3. The molecule has 132 valence electrons. The molecule has 0 radical (unpaired) electrons. The highest BCUT2D eigenvalue weighted by molar-refractivity contribution is 5.94. The number of halogens is 3. The SMILES string of the molecule is O=C(NCC(O)c1ccccc1C(F)(F)F)c1ccc2c(c1)OCO2. The summed E-state index contributed by atoms with van der Waals surface area (Å²) in [6.45, 7) is -0.298. The third-order valence-corrected chi connectivity index (χ3v) is 3.72. The van der Waals surface area contributed by atoms with E-state index < -0.39 is 23.8 Å². The molecule has 0 aromatic heterocycles. The van der Waals surface area contributed by atoms with E-state index >= 15 is 0 Å². The van der Waals surface area contributed by atoms with Crippen LogP contribution in [0, 0.1) is 0 Å². The minimum atomic E-state index is -4.58. The van der Waals surface area contributed by atoms with Gasteiger partial charge in [-0.15, -0.1) is 0 Å². The Bertz CT molecular complexity index is 792. The Morgan fingerprint density at radius 2 is 1.88 bits per heavy atom. The number of nitrogens with one attached hydrogen (secondary N) is 1. The molecular weight excluding hydrogens is 339 g/mol. The van der Waals surface area contributed by atoms with Gasteiger partial charge in [0.15, 0.2) is 11.5 Å². The van der Waals surface area contributed by atoms with Crippen molar-refractivity contribution in [2.75, 3.05) is 13.3 Å². The summed E-state index contributed by atoms with van der Waals surface area (Å²) in [6, 6.07) is 9.23. The first-order valence-corrected chi connectivity index (χ1v) is 7.38. The number of hydrogen-bond donors (Lipinski definition) is 2. The lowest BCUT2D eigenvalue weighted by atomic mass is 10.0. The number of carbonyl (C=O) groups excluding carboxylic acids is 1. The Morgan fingerprint density at radius 1 is 1.16 bits per heavy atom. The van der Waals surface area contributed by atoms with E-state index in [-0.39, 0.29) is 24.5 Å². The van der Waals surface area contributed by atoms with Crippen molar-refractivity contribution in [3.8, 4) is 11.5 Å². The van der Waals surface area contributed by atoms with Gasteiger partial charge >= 0.3 is 6.18 Å². The van der Waals surface area contributed by atoms with Gasteiger partial charge in [-0.05, 0) is 29.8 Å². The Kier molecular flexibility index (Phi) is 4.54. The summed E-state index contributed by atoms with van der Waals surface area (Å²) >= 11 is 0. The highest BCUT2D eigenvalue weighted by atomic mass is 19.4. The average molecular weight is 353 g/mol. The molecule has 1 atom stereocenters. The predicted octanol–water partition coefficient (Wildman–Crippen LogP) is 2.90. The topological polar surface area (TPSA) is 67.8 Å². The minimum absolute atomic E-state index is 0.0628. The Morgan fingerprint density at radius 3 is 2.64 bits per heavy atom. The number of hydrogen-bond acceptors (Lipinski definition) is 4. The molecule has 2 aromatic carbocycles. The third-order valence-electron chi connectivity index (χ3n) is 3.72. The molecule has 0 spiro atoms. The van der Waals surface area contributed by atoms with Crippen LogP contribution in [0.3, 0.4) is 0 Å². The van der Waals surface area contributed by atoms with E-state index in [2.05, 4.69) is 5.32 Å². The fourth-order valence-electron chi connectivity index (χ4n) is 2.48. The van der Waals surface area contributed by atoms with E-state index in [1.807, 2.05) is 0 Å². The van der Waals surface area contributed by atoms with Crippen molar-refractivity contribution in [3.63, 3.8) is 0 Å². The van der Waals surface area contributed by atoms with Gasteiger partial charge in [0.1, 0.15) is 0 Å². The molecule has 0 saturated carbocycles. The van der Waals surface area contributed by atoms with Crippen molar-refractivity contribution in [1.29, 1.82) is 0 Å². The Labute approximate surface area is 141 Å². The number of ether oxygens (including phenoxy) is 2. The van der Waals surface area contributed by atoms with Gasteiger partial charge in [0, 0.05) is 12.1 Å². The molecule has 1 aliphatic rings. The van der Waals surface area contributed by atoms with Gasteiger partial charge < -0.3 is 19.9 Å². The first kappa shape index (κ1) is 17.1. The van der Waals surface area contributed by atoms with E-state index in [4.69, 9.17) is 9.47 Å². The maximum Gasteiger partial charge on any atom is 0.416 e. The molecule has 1 amide bonds. The molecule has 8 heteroatoms. The van der Waals surface area contributed by atoms with Crippen LogP contribution >= 0.6 is 0 Å². The number of aliphatic hydroxyl groups excluding tert-OH is 1. The van der Waals surface area contributed by atoms with Crippen LogP contribution in [0.1, 0.15) is 27.6 Å². The van der Waals surface area contributed by atoms with Gasteiger partial charge in [-0.1, -0.05) is 18.2 Å². The van der Waals surface area contributed by atoms with E-state index in [1.54, 1.807) is 6.07 Å². The zero-order valence-corrected chi connectivity index (χ0v) is 12.8. The monoisotopic (exact) mass is 353 g/mol. The summed E-state index contributed by atoms with van der Waals surface area (Å²) < 4.78 is 49.2. The molecule has 1 heterocycles. The molecule has 25 heavy (non-hydrogen) atoms. The molecule has 1 aliphatic heterocycles. The van der Waals surface area contributed by atoms with Crippen LogP contribution in [0.5, 0.6) is 11.5 Å². The summed E-state index contributed by atoms with van der Waals surface area (Å²) in [7, 11) is 0. The number of amides is 1. The lowest BCUT2D eigenvalue weighted by molar-refractivity contribution is -0.139. The Balaban J connectivity index is 1.68. The minimum Gasteiger partial charge on any atom is -0.454 e. The molecule has 0 saturated heterocycles. The summed E-state index contributed by atoms with van der Waals surface area (Å²) in [5, 5.41) is 12.5. The standard InChI is InChI=1S/C17H14F3NO4/c18-17(19,20)12-4-2-1-3-11(12)13(22)8-21-16(23)10-5-6-14-15(7-10)25-9-24-14/h1-7,13,22H,8-9H2,(H,21,23). The van der Waals surface area contributed by atoms with Crippen molar-refractivity contribution >= 4 is 5.91 Å². The second kappa shape index (κ2) is 6.64. The van der Waals surface area contributed by atoms with Crippen molar-refractivity contribution in [1.82, 2.24) is 5.32 Å². The van der Waals surface area contributed by atoms with Crippen LogP contribution in [-0.2, 0) is 6.18 Å². The summed E-state index contributed by atoms with van der Waals surface area (Å²) in [5.41, 5.74) is -0.971. The molecule has 1 unspecified atom stereocenters.